The van der Waals surface area contributed by atoms with Gasteiger partial charge in [-0.25, -0.2) is 0 Å². The average molecular weight is 619 g/mol. The number of ether oxygens (including phenoxy) is 1. The molecule has 0 saturated heterocycles. The minimum Gasteiger partial charge on any atom is -0.481 e. The Bertz CT molecular complexity index is 1070. The molecule has 0 radical (unpaired) electrons. The van der Waals surface area contributed by atoms with Crippen molar-refractivity contribution < 1.29 is 19.4 Å². The smallest absolute Gasteiger partial charge is 0.306 e. The van der Waals surface area contributed by atoms with Crippen LogP contribution in [0.25, 0.3) is 0 Å². The first-order valence-corrected chi connectivity index (χ1v) is 19.2. The summed E-state index contributed by atoms with van der Waals surface area (Å²) >= 11 is 0. The van der Waals surface area contributed by atoms with Crippen LogP contribution in [0.1, 0.15) is 132 Å². The van der Waals surface area contributed by atoms with Crippen LogP contribution in [0.2, 0.25) is 0 Å². The lowest BCUT2D eigenvalue weighted by atomic mass is 9.43. The summed E-state index contributed by atoms with van der Waals surface area (Å²) in [5, 5.41) is 8.79. The van der Waals surface area contributed by atoms with E-state index in [-0.39, 0.29) is 29.3 Å². The van der Waals surface area contributed by atoms with E-state index in [0.29, 0.717) is 34.7 Å². The maximum Gasteiger partial charge on any atom is 0.306 e. The molecule has 4 aliphatic rings. The highest BCUT2D eigenvalue weighted by Gasteiger charge is 2.63. The molecule has 238 valence electrons. The van der Waals surface area contributed by atoms with E-state index in [0.717, 1.165) is 24.7 Å². The van der Waals surface area contributed by atoms with E-state index in [2.05, 4.69) is 61.5 Å². The molecule has 0 aromatic rings. The van der Waals surface area contributed by atoms with E-state index >= 15 is 0 Å². The molecule has 4 nitrogen and oxygen atoms in total. The van der Waals surface area contributed by atoms with Gasteiger partial charge in [-0.15, -0.1) is 0 Å². The quantitative estimate of drug-likeness (QED) is 0.102. The Labute approximate surface area is 264 Å². The fourth-order valence-electron chi connectivity index (χ4n) is 10.3. The molecular formula is C36H58O4S2. The van der Waals surface area contributed by atoms with Crippen molar-refractivity contribution >= 4 is 33.5 Å². The largest absolute Gasteiger partial charge is 0.481 e. The van der Waals surface area contributed by atoms with Crippen LogP contribution in [0, 0.1) is 39.4 Å². The lowest BCUT2D eigenvalue weighted by Crippen LogP contribution is -2.55. The summed E-state index contributed by atoms with van der Waals surface area (Å²) in [6.45, 7) is 19.6. The van der Waals surface area contributed by atoms with Crippen molar-refractivity contribution in [2.45, 2.75) is 139 Å². The van der Waals surface area contributed by atoms with Gasteiger partial charge in [0.1, 0.15) is 6.10 Å². The zero-order chi connectivity index (χ0) is 30.9. The molecule has 2 fully saturated rings. The number of hydrogen-bond acceptors (Lipinski definition) is 5. The Morgan fingerprint density at radius 1 is 0.952 bits per heavy atom. The summed E-state index contributed by atoms with van der Waals surface area (Å²) in [4.78, 5) is 23.5. The highest BCUT2D eigenvalue weighted by Crippen LogP contribution is 2.72. The van der Waals surface area contributed by atoms with E-state index in [9.17, 15) is 9.59 Å². The van der Waals surface area contributed by atoms with Crippen LogP contribution < -0.4 is 0 Å². The normalized spacial score (nSPS) is 36.0. The molecule has 1 N–H and O–H groups in total. The summed E-state index contributed by atoms with van der Waals surface area (Å²) in [7, 11) is 3.10. The summed E-state index contributed by atoms with van der Waals surface area (Å²) in [6.07, 6.45) is 15.2. The topological polar surface area (TPSA) is 63.6 Å². The van der Waals surface area contributed by atoms with E-state index in [4.69, 9.17) is 9.84 Å². The molecular weight excluding hydrogens is 561 g/mol. The molecule has 4 aliphatic carbocycles. The van der Waals surface area contributed by atoms with Gasteiger partial charge in [-0.05, 0) is 112 Å². The van der Waals surface area contributed by atoms with Gasteiger partial charge in [0, 0.05) is 16.9 Å². The molecule has 0 aliphatic heterocycles. The van der Waals surface area contributed by atoms with E-state index in [1.165, 1.54) is 67.7 Å². The molecule has 0 heterocycles. The van der Waals surface area contributed by atoms with Crippen LogP contribution in [-0.2, 0) is 14.3 Å². The third-order valence-corrected chi connectivity index (χ3v) is 15.2. The van der Waals surface area contributed by atoms with Gasteiger partial charge >= 0.3 is 11.9 Å². The van der Waals surface area contributed by atoms with Gasteiger partial charge < -0.3 is 9.84 Å². The third-order valence-electron chi connectivity index (χ3n) is 12.8. The average Bonchev–Trinajstić information content (AvgIpc) is 3.18. The maximum absolute atomic E-state index is 12.8. The minimum absolute atomic E-state index is 0.0307. The van der Waals surface area contributed by atoms with Crippen molar-refractivity contribution in [1.82, 2.24) is 0 Å². The van der Waals surface area contributed by atoms with Crippen LogP contribution in [0.3, 0.4) is 0 Å². The standard InChI is InChI=1S/C36H58O4S2/c1-24(2)10-9-11-25(3)26-14-20-36(8)28-12-13-29-33(4,5)30(40-32(39)18-23-42-41-22-17-31(37)38)16-19-34(29,6)27(28)15-21-35(26,36)7/h10,25-26,29-30H,9,11-23H2,1-8H3,(H,37,38)/t25-,26-,29+,30?,34-,35-,36+/m1/s1. The van der Waals surface area contributed by atoms with Gasteiger partial charge in [-0.2, -0.15) is 0 Å². The van der Waals surface area contributed by atoms with Gasteiger partial charge in [0.05, 0.1) is 12.8 Å². The molecule has 1 unspecified atom stereocenters. The monoisotopic (exact) mass is 618 g/mol. The number of carboxylic acid groups (broad SMARTS) is 1. The molecule has 0 spiro atoms. The molecule has 0 amide bonds. The van der Waals surface area contributed by atoms with Gasteiger partial charge in [-0.1, -0.05) is 85.9 Å². The predicted molar refractivity (Wildman–Crippen MR) is 179 cm³/mol. The van der Waals surface area contributed by atoms with Crippen LogP contribution in [0.15, 0.2) is 22.8 Å². The Morgan fingerprint density at radius 3 is 2.31 bits per heavy atom. The Kier molecular flexibility index (Phi) is 10.7. The molecule has 6 heteroatoms. The van der Waals surface area contributed by atoms with Crippen LogP contribution in [0.5, 0.6) is 0 Å². The number of aliphatic carboxylic acids is 1. The lowest BCUT2D eigenvalue weighted by Gasteiger charge is -2.62. The molecule has 42 heavy (non-hydrogen) atoms. The van der Waals surface area contributed by atoms with Crippen molar-refractivity contribution in [1.29, 1.82) is 0 Å². The van der Waals surface area contributed by atoms with Gasteiger partial charge in [0.2, 0.25) is 0 Å². The van der Waals surface area contributed by atoms with Crippen LogP contribution >= 0.6 is 21.6 Å². The van der Waals surface area contributed by atoms with Crippen molar-refractivity contribution in [3.8, 4) is 0 Å². The highest BCUT2D eigenvalue weighted by atomic mass is 33.1. The predicted octanol–water partition coefficient (Wildman–Crippen LogP) is 10.3. The zero-order valence-corrected chi connectivity index (χ0v) is 29.4. The fraction of sp³-hybridized carbons (Fsp3) is 0.833. The van der Waals surface area contributed by atoms with Crippen molar-refractivity contribution in [2.75, 3.05) is 11.5 Å². The number of hydrogen-bond donors (Lipinski definition) is 1. The first-order chi connectivity index (χ1) is 19.7. The molecule has 0 bridgehead atoms. The fourth-order valence-corrected chi connectivity index (χ4v) is 12.2. The van der Waals surface area contributed by atoms with Crippen molar-refractivity contribution in [2.24, 2.45) is 39.4 Å². The summed E-state index contributed by atoms with van der Waals surface area (Å²) in [5.74, 6) is 2.47. The Balaban J connectivity index is 1.43. The number of allylic oxidation sites excluding steroid dienone is 4. The molecule has 2 saturated carbocycles. The second-order valence-corrected chi connectivity index (χ2v) is 18.3. The number of rotatable bonds is 12. The molecule has 7 atom stereocenters. The Hall–Kier alpha value is -0.880. The van der Waals surface area contributed by atoms with Gasteiger partial charge in [0.15, 0.2) is 0 Å². The second kappa shape index (κ2) is 13.2. The SMILES string of the molecule is CC(C)=CCC[C@@H](C)[C@H]1CC[C@@]2(C)C3=C(CC[C@]12C)[C@@]1(C)CCC(OC(=O)CCSSCCC(=O)O)C(C)(C)[C@@H]1CC3. The lowest BCUT2D eigenvalue weighted by molar-refractivity contribution is -0.169. The third kappa shape index (κ3) is 6.42. The number of fused-ring (bicyclic) bond motifs is 4. The number of carbonyl (C=O) groups excluding carboxylic acids is 1. The first kappa shape index (κ1) is 34.0. The van der Waals surface area contributed by atoms with E-state index in [1.54, 1.807) is 16.4 Å². The van der Waals surface area contributed by atoms with Gasteiger partial charge in [0.25, 0.3) is 0 Å². The van der Waals surface area contributed by atoms with Crippen molar-refractivity contribution in [3.63, 3.8) is 0 Å². The summed E-state index contributed by atoms with van der Waals surface area (Å²) in [6, 6.07) is 0. The maximum atomic E-state index is 12.8. The first-order valence-electron chi connectivity index (χ1n) is 16.7. The molecule has 0 aromatic heterocycles. The molecule has 0 aromatic carbocycles. The second-order valence-electron chi connectivity index (χ2n) is 15.6. The van der Waals surface area contributed by atoms with Gasteiger partial charge in [-0.3, -0.25) is 9.59 Å². The molecule has 4 rings (SSSR count). The summed E-state index contributed by atoms with van der Waals surface area (Å²) < 4.78 is 6.20. The van der Waals surface area contributed by atoms with Crippen LogP contribution in [0.4, 0.5) is 0 Å². The van der Waals surface area contributed by atoms with E-state index < -0.39 is 5.97 Å². The Morgan fingerprint density at radius 2 is 1.64 bits per heavy atom. The number of esters is 1. The highest BCUT2D eigenvalue weighted by molar-refractivity contribution is 8.76. The number of carbonyl (C=O) groups is 2. The van der Waals surface area contributed by atoms with Crippen molar-refractivity contribution in [3.05, 3.63) is 22.8 Å². The summed E-state index contributed by atoms with van der Waals surface area (Å²) in [5.41, 5.74) is 5.93. The zero-order valence-electron chi connectivity index (χ0n) is 27.8. The number of carboxylic acids is 1. The van der Waals surface area contributed by atoms with E-state index in [1.807, 2.05) is 5.57 Å². The van der Waals surface area contributed by atoms with Crippen LogP contribution in [-0.4, -0.2) is 34.7 Å². The minimum atomic E-state index is -0.774.